The Morgan fingerprint density at radius 2 is 2.06 bits per heavy atom. The molecule has 3 rings (SSSR count). The number of H-pyrrole nitrogens is 1. The summed E-state index contributed by atoms with van der Waals surface area (Å²) >= 11 is 5.05. The van der Waals surface area contributed by atoms with Gasteiger partial charge < -0.3 is 10.7 Å². The van der Waals surface area contributed by atoms with Crippen molar-refractivity contribution in [3.05, 3.63) is 28.1 Å². The zero-order chi connectivity index (χ0) is 11.1. The molecule has 0 radical (unpaired) electrons. The quantitative estimate of drug-likeness (QED) is 0.725. The van der Waals surface area contributed by atoms with E-state index >= 15 is 0 Å². The van der Waals surface area contributed by atoms with Crippen LogP contribution in [0.25, 0.3) is 21.9 Å². The van der Waals surface area contributed by atoms with Gasteiger partial charge in [-0.05, 0) is 40.2 Å². The number of pyridine rings is 1. The number of halogens is 1. The summed E-state index contributed by atoms with van der Waals surface area (Å²) < 4.78 is 1.08. The van der Waals surface area contributed by atoms with Gasteiger partial charge in [-0.25, -0.2) is 9.97 Å². The van der Waals surface area contributed by atoms with Crippen LogP contribution in [0.2, 0.25) is 0 Å². The molecule has 0 atom stereocenters. The minimum Gasteiger partial charge on any atom is -0.384 e. The Balaban J connectivity index is 2.18. The molecule has 0 aliphatic rings. The van der Waals surface area contributed by atoms with Crippen molar-refractivity contribution in [1.29, 1.82) is 0 Å². The van der Waals surface area contributed by atoms with E-state index < -0.39 is 0 Å². The van der Waals surface area contributed by atoms with Crippen molar-refractivity contribution in [1.82, 2.24) is 15.0 Å². The predicted octanol–water partition coefficient (Wildman–Crippen LogP) is 3.03. The number of nitrogens with one attached hydrogen (secondary N) is 1. The van der Waals surface area contributed by atoms with E-state index in [1.165, 1.54) is 0 Å². The van der Waals surface area contributed by atoms with Gasteiger partial charge in [0.1, 0.15) is 5.82 Å². The smallest absolute Gasteiger partial charge is 0.180 e. The number of rotatable bonds is 1. The van der Waals surface area contributed by atoms with E-state index in [0.29, 0.717) is 11.5 Å². The van der Waals surface area contributed by atoms with Crippen LogP contribution in [-0.2, 0) is 0 Å². The van der Waals surface area contributed by atoms with E-state index in [1.807, 2.05) is 18.2 Å². The van der Waals surface area contributed by atoms with Crippen LogP contribution < -0.4 is 5.73 Å². The number of aromatic nitrogens is 3. The maximum Gasteiger partial charge on any atom is 0.180 e. The Hall–Kier alpha value is -1.40. The molecule has 0 spiro atoms. The van der Waals surface area contributed by atoms with E-state index in [4.69, 9.17) is 5.73 Å². The monoisotopic (exact) mass is 294 g/mol. The van der Waals surface area contributed by atoms with E-state index in [9.17, 15) is 0 Å². The van der Waals surface area contributed by atoms with Crippen molar-refractivity contribution >= 4 is 44.2 Å². The lowest BCUT2D eigenvalue weighted by Crippen LogP contribution is -1.88. The van der Waals surface area contributed by atoms with Crippen LogP contribution >= 0.6 is 27.3 Å². The SMILES string of the molecule is Nc1ccc2[nH]c(-c3ccc(Br)s3)nc2n1. The van der Waals surface area contributed by atoms with Gasteiger partial charge in [0.05, 0.1) is 14.2 Å². The molecule has 0 fully saturated rings. The molecular weight excluding hydrogens is 288 g/mol. The van der Waals surface area contributed by atoms with Gasteiger partial charge in [-0.15, -0.1) is 11.3 Å². The first-order valence-electron chi connectivity index (χ1n) is 4.60. The van der Waals surface area contributed by atoms with Gasteiger partial charge in [-0.3, -0.25) is 0 Å². The normalized spacial score (nSPS) is 11.1. The molecule has 0 amide bonds. The molecule has 0 aromatic carbocycles. The summed E-state index contributed by atoms with van der Waals surface area (Å²) in [6.07, 6.45) is 0. The first-order valence-corrected chi connectivity index (χ1v) is 6.21. The third-order valence-corrected chi connectivity index (χ3v) is 3.80. The number of nitrogens with two attached hydrogens (primary N) is 1. The van der Waals surface area contributed by atoms with Gasteiger partial charge in [-0.1, -0.05) is 0 Å². The van der Waals surface area contributed by atoms with Gasteiger partial charge in [0.15, 0.2) is 11.5 Å². The van der Waals surface area contributed by atoms with E-state index in [1.54, 1.807) is 17.4 Å². The number of hydrogen-bond acceptors (Lipinski definition) is 4. The molecule has 0 saturated heterocycles. The molecule has 3 N–H and O–H groups in total. The number of fused-ring (bicyclic) bond motifs is 1. The summed E-state index contributed by atoms with van der Waals surface area (Å²) in [7, 11) is 0. The molecule has 4 nitrogen and oxygen atoms in total. The lowest BCUT2D eigenvalue weighted by molar-refractivity contribution is 1.32. The highest BCUT2D eigenvalue weighted by Gasteiger charge is 2.08. The fraction of sp³-hybridized carbons (Fsp3) is 0. The Bertz CT molecular complexity index is 658. The molecule has 3 heterocycles. The summed E-state index contributed by atoms with van der Waals surface area (Å²) in [6, 6.07) is 7.65. The summed E-state index contributed by atoms with van der Waals surface area (Å²) in [5.41, 5.74) is 7.16. The first kappa shape index (κ1) is 9.80. The molecule has 0 aliphatic carbocycles. The molecule has 0 saturated carbocycles. The molecule has 0 bridgehead atoms. The second-order valence-electron chi connectivity index (χ2n) is 3.30. The highest BCUT2D eigenvalue weighted by atomic mass is 79.9. The lowest BCUT2D eigenvalue weighted by atomic mass is 10.4. The molecule has 80 valence electrons. The summed E-state index contributed by atoms with van der Waals surface area (Å²) in [4.78, 5) is 12.8. The molecule has 3 aromatic heterocycles. The maximum absolute atomic E-state index is 5.61. The van der Waals surface area contributed by atoms with Crippen LogP contribution in [-0.4, -0.2) is 15.0 Å². The van der Waals surface area contributed by atoms with Gasteiger partial charge in [0, 0.05) is 0 Å². The van der Waals surface area contributed by atoms with Crippen LogP contribution in [0.4, 0.5) is 5.82 Å². The van der Waals surface area contributed by atoms with Gasteiger partial charge in [0.2, 0.25) is 0 Å². The van der Waals surface area contributed by atoms with Crippen molar-refractivity contribution in [2.75, 3.05) is 5.73 Å². The van der Waals surface area contributed by atoms with E-state index in [0.717, 1.165) is 20.0 Å². The second kappa shape index (κ2) is 3.57. The maximum atomic E-state index is 5.61. The van der Waals surface area contributed by atoms with Crippen LogP contribution in [0.5, 0.6) is 0 Å². The summed E-state index contributed by atoms with van der Waals surface area (Å²) in [5, 5.41) is 0. The van der Waals surface area contributed by atoms with Gasteiger partial charge >= 0.3 is 0 Å². The van der Waals surface area contributed by atoms with Crippen LogP contribution in [0.1, 0.15) is 0 Å². The zero-order valence-electron chi connectivity index (χ0n) is 8.07. The number of imidazole rings is 1. The topological polar surface area (TPSA) is 67.6 Å². The van der Waals surface area contributed by atoms with Crippen LogP contribution in [0, 0.1) is 0 Å². The van der Waals surface area contributed by atoms with Crippen molar-refractivity contribution in [3.8, 4) is 10.7 Å². The van der Waals surface area contributed by atoms with Crippen molar-refractivity contribution < 1.29 is 0 Å². The van der Waals surface area contributed by atoms with Crippen LogP contribution in [0.15, 0.2) is 28.1 Å². The minimum atomic E-state index is 0.484. The zero-order valence-corrected chi connectivity index (χ0v) is 10.5. The third kappa shape index (κ3) is 1.60. The molecule has 0 aliphatic heterocycles. The minimum absolute atomic E-state index is 0.484. The highest BCUT2D eigenvalue weighted by molar-refractivity contribution is 9.11. The van der Waals surface area contributed by atoms with Crippen LogP contribution in [0.3, 0.4) is 0 Å². The molecule has 6 heteroatoms. The Kier molecular flexibility index (Phi) is 2.19. The average molecular weight is 295 g/mol. The average Bonchev–Trinajstić information content (AvgIpc) is 2.83. The molecule has 0 unspecified atom stereocenters. The number of hydrogen-bond donors (Lipinski definition) is 2. The standard InChI is InChI=1S/C10H7BrN4S/c11-7-3-2-6(16-7)10-13-5-1-4-8(12)14-9(5)15-10/h1-4H,(H3,12,13,14,15). The van der Waals surface area contributed by atoms with Gasteiger partial charge in [0.25, 0.3) is 0 Å². The van der Waals surface area contributed by atoms with Crippen molar-refractivity contribution in [2.24, 2.45) is 0 Å². The molecule has 3 aromatic rings. The number of nitrogen functional groups attached to an aromatic ring is 1. The molecule has 16 heavy (non-hydrogen) atoms. The number of aromatic amines is 1. The summed E-state index contributed by atoms with van der Waals surface area (Å²) in [6.45, 7) is 0. The Labute approximate surface area is 104 Å². The second-order valence-corrected chi connectivity index (χ2v) is 5.76. The number of nitrogens with zero attached hydrogens (tertiary/aromatic N) is 2. The third-order valence-electron chi connectivity index (χ3n) is 2.17. The van der Waals surface area contributed by atoms with E-state index in [2.05, 4.69) is 30.9 Å². The summed E-state index contributed by atoms with van der Waals surface area (Å²) in [5.74, 6) is 1.31. The largest absolute Gasteiger partial charge is 0.384 e. The predicted molar refractivity (Wildman–Crippen MR) is 69.3 cm³/mol. The number of anilines is 1. The Morgan fingerprint density at radius 3 is 2.81 bits per heavy atom. The highest BCUT2D eigenvalue weighted by Crippen LogP contribution is 2.30. The fourth-order valence-electron chi connectivity index (χ4n) is 1.47. The first-order chi connectivity index (χ1) is 7.72. The Morgan fingerprint density at radius 1 is 1.19 bits per heavy atom. The molecular formula is C10H7BrN4S. The van der Waals surface area contributed by atoms with E-state index in [-0.39, 0.29) is 0 Å². The number of thiophene rings is 1. The van der Waals surface area contributed by atoms with Crippen molar-refractivity contribution in [2.45, 2.75) is 0 Å². The van der Waals surface area contributed by atoms with Crippen molar-refractivity contribution in [3.63, 3.8) is 0 Å². The lowest BCUT2D eigenvalue weighted by Gasteiger charge is -1.88. The fourth-order valence-corrected chi connectivity index (χ4v) is 2.80. The van der Waals surface area contributed by atoms with Gasteiger partial charge in [-0.2, -0.15) is 0 Å².